The Morgan fingerprint density at radius 3 is 2.20 bits per heavy atom. The van der Waals surface area contributed by atoms with Gasteiger partial charge in [-0.25, -0.2) is 0 Å². The summed E-state index contributed by atoms with van der Waals surface area (Å²) >= 11 is 0. The number of benzene rings is 1. The Hall–Kier alpha value is 0.406. The fourth-order valence-corrected chi connectivity index (χ4v) is 1.11. The van der Waals surface area contributed by atoms with Crippen molar-refractivity contribution in [2.45, 2.75) is 13.1 Å². The van der Waals surface area contributed by atoms with Crippen molar-refractivity contribution in [3.05, 3.63) is 34.5 Å². The van der Waals surface area contributed by atoms with Crippen molar-refractivity contribution in [3.63, 3.8) is 0 Å². The van der Waals surface area contributed by atoms with Crippen LogP contribution in [0.4, 0.5) is 18.9 Å². The molecule has 0 fully saturated rings. The fourth-order valence-electron chi connectivity index (χ4n) is 1.11. The van der Waals surface area contributed by atoms with Crippen LogP contribution in [0.2, 0.25) is 0 Å². The van der Waals surface area contributed by atoms with Gasteiger partial charge in [-0.05, 0) is 31.7 Å². The third-order valence-corrected chi connectivity index (χ3v) is 1.89. The number of halogens is 3. The van der Waals surface area contributed by atoms with Crippen molar-refractivity contribution in [1.29, 1.82) is 0 Å². The predicted molar refractivity (Wildman–Crippen MR) is 48.0 cm³/mol. The van der Waals surface area contributed by atoms with Gasteiger partial charge in [-0.1, -0.05) is 6.07 Å². The van der Waals surface area contributed by atoms with Crippen LogP contribution in [0.25, 0.3) is 0 Å². The number of hydrogen-bond acceptors (Lipinski definition) is 2. The first kappa shape index (κ1) is 15.4. The minimum atomic E-state index is -4.41. The normalized spacial score (nSPS) is 10.8. The zero-order valence-corrected chi connectivity index (χ0v) is 11.8. The minimum absolute atomic E-state index is 0. The Morgan fingerprint density at radius 2 is 1.80 bits per heavy atom. The SMILES string of the molecule is Cc1ccc(N(C)[O-])cc1C(F)(F)F.[K+]. The van der Waals surface area contributed by atoms with Gasteiger partial charge in [0.1, 0.15) is 0 Å². The molecular weight excluding hydrogens is 234 g/mol. The second-order valence-corrected chi connectivity index (χ2v) is 2.99. The fraction of sp³-hybridized carbons (Fsp3) is 0.333. The zero-order chi connectivity index (χ0) is 10.9. The molecule has 0 aliphatic carbocycles. The van der Waals surface area contributed by atoms with E-state index in [9.17, 15) is 18.4 Å². The average molecular weight is 243 g/mol. The Labute approximate surface area is 128 Å². The summed E-state index contributed by atoms with van der Waals surface area (Å²) in [5.41, 5.74) is -0.649. The zero-order valence-electron chi connectivity index (χ0n) is 8.72. The molecule has 15 heavy (non-hydrogen) atoms. The van der Waals surface area contributed by atoms with E-state index in [1.165, 1.54) is 19.1 Å². The van der Waals surface area contributed by atoms with Gasteiger partial charge >= 0.3 is 57.6 Å². The van der Waals surface area contributed by atoms with Crippen molar-refractivity contribution in [2.24, 2.45) is 0 Å². The van der Waals surface area contributed by atoms with Crippen LogP contribution in [0, 0.1) is 12.1 Å². The Balaban J connectivity index is 0.00000196. The summed E-state index contributed by atoms with van der Waals surface area (Å²) < 4.78 is 37.1. The molecule has 0 amide bonds. The third kappa shape index (κ3) is 4.05. The number of aryl methyl sites for hydroxylation is 1. The van der Waals surface area contributed by atoms with Crippen molar-refractivity contribution in [3.8, 4) is 0 Å². The van der Waals surface area contributed by atoms with E-state index in [0.717, 1.165) is 13.1 Å². The van der Waals surface area contributed by atoms with Gasteiger partial charge in [-0.3, -0.25) is 0 Å². The Morgan fingerprint density at radius 1 is 1.27 bits per heavy atom. The molecule has 0 aliphatic heterocycles. The van der Waals surface area contributed by atoms with Gasteiger partial charge < -0.3 is 10.3 Å². The van der Waals surface area contributed by atoms with E-state index >= 15 is 0 Å². The molecule has 0 saturated carbocycles. The molecule has 0 saturated heterocycles. The van der Waals surface area contributed by atoms with E-state index in [1.807, 2.05) is 0 Å². The molecule has 0 N–H and O–H groups in total. The molecule has 2 nitrogen and oxygen atoms in total. The average Bonchev–Trinajstić information content (AvgIpc) is 2.02. The molecule has 0 unspecified atom stereocenters. The second kappa shape index (κ2) is 5.65. The largest absolute Gasteiger partial charge is 1.00 e. The van der Waals surface area contributed by atoms with Crippen LogP contribution in [0.5, 0.6) is 0 Å². The summed E-state index contributed by atoms with van der Waals surface area (Å²) in [6.07, 6.45) is -4.41. The molecular formula is C9H9F3KNO. The quantitative estimate of drug-likeness (QED) is 0.511. The van der Waals surface area contributed by atoms with Gasteiger partial charge in [-0.15, -0.1) is 0 Å². The van der Waals surface area contributed by atoms with Gasteiger partial charge in [-0.2, -0.15) is 13.2 Å². The molecule has 0 atom stereocenters. The van der Waals surface area contributed by atoms with Crippen molar-refractivity contribution < 1.29 is 64.6 Å². The van der Waals surface area contributed by atoms with Crippen LogP contribution < -0.4 is 56.4 Å². The van der Waals surface area contributed by atoms with Crippen LogP contribution >= 0.6 is 0 Å². The summed E-state index contributed by atoms with van der Waals surface area (Å²) in [4.78, 5) is 0. The first-order valence-electron chi connectivity index (χ1n) is 3.91. The topological polar surface area (TPSA) is 26.3 Å². The molecule has 0 bridgehead atoms. The molecule has 0 aromatic heterocycles. The molecule has 1 rings (SSSR count). The predicted octanol–water partition coefficient (Wildman–Crippen LogP) is -0.0482. The van der Waals surface area contributed by atoms with Crippen LogP contribution in [-0.4, -0.2) is 7.05 Å². The minimum Gasteiger partial charge on any atom is -0.758 e. The van der Waals surface area contributed by atoms with Gasteiger partial charge in [0.15, 0.2) is 0 Å². The molecule has 0 heterocycles. The molecule has 6 heteroatoms. The van der Waals surface area contributed by atoms with Crippen LogP contribution in [0.3, 0.4) is 0 Å². The molecule has 78 valence electrons. The maximum absolute atomic E-state index is 12.4. The Kier molecular flexibility index (Phi) is 5.80. The van der Waals surface area contributed by atoms with Crippen molar-refractivity contribution in [2.75, 3.05) is 12.1 Å². The van der Waals surface area contributed by atoms with E-state index in [-0.39, 0.29) is 62.6 Å². The van der Waals surface area contributed by atoms with Gasteiger partial charge in [0.2, 0.25) is 0 Å². The maximum atomic E-state index is 12.4. The van der Waals surface area contributed by atoms with Crippen molar-refractivity contribution >= 4 is 5.69 Å². The summed E-state index contributed by atoms with van der Waals surface area (Å²) in [6, 6.07) is 3.49. The van der Waals surface area contributed by atoms with Gasteiger partial charge in [0, 0.05) is 5.69 Å². The first-order chi connectivity index (χ1) is 6.32. The molecule has 0 spiro atoms. The number of rotatable bonds is 1. The number of hydrogen-bond donors (Lipinski definition) is 0. The smallest absolute Gasteiger partial charge is 0.758 e. The standard InChI is InChI=1S/C9H9F3NO.K/c1-6-3-4-7(13(2)14)5-8(6)9(10,11)12;/h3-5H,1-2H3;/q-1;+1. The van der Waals surface area contributed by atoms with E-state index in [2.05, 4.69) is 0 Å². The first-order valence-corrected chi connectivity index (χ1v) is 3.91. The molecule has 0 radical (unpaired) electrons. The summed E-state index contributed by atoms with van der Waals surface area (Å²) in [7, 11) is 1.16. The number of nitrogens with zero attached hydrogens (tertiary/aromatic N) is 1. The van der Waals surface area contributed by atoms with Crippen LogP contribution in [0.15, 0.2) is 18.2 Å². The van der Waals surface area contributed by atoms with E-state index in [1.54, 1.807) is 0 Å². The summed E-state index contributed by atoms with van der Waals surface area (Å²) in [5.74, 6) is 0. The van der Waals surface area contributed by atoms with Crippen molar-refractivity contribution in [1.82, 2.24) is 0 Å². The molecule has 1 aromatic carbocycles. The maximum Gasteiger partial charge on any atom is 1.00 e. The van der Waals surface area contributed by atoms with E-state index in [4.69, 9.17) is 0 Å². The summed E-state index contributed by atoms with van der Waals surface area (Å²) in [5, 5.41) is 11.2. The molecule has 0 aliphatic rings. The van der Waals surface area contributed by atoms with Crippen LogP contribution in [-0.2, 0) is 6.18 Å². The second-order valence-electron chi connectivity index (χ2n) is 2.99. The van der Waals surface area contributed by atoms with E-state index < -0.39 is 11.7 Å². The van der Waals surface area contributed by atoms with Gasteiger partial charge in [0.25, 0.3) is 0 Å². The molecule has 1 aromatic rings. The van der Waals surface area contributed by atoms with E-state index in [0.29, 0.717) is 5.06 Å². The number of hydroxylamine groups is 1. The number of alkyl halides is 3. The van der Waals surface area contributed by atoms with Gasteiger partial charge in [0.05, 0.1) is 5.56 Å². The van der Waals surface area contributed by atoms with Crippen LogP contribution in [0.1, 0.15) is 11.1 Å². The summed E-state index contributed by atoms with van der Waals surface area (Å²) in [6.45, 7) is 1.36. The third-order valence-electron chi connectivity index (χ3n) is 1.89. The monoisotopic (exact) mass is 243 g/mol. The Bertz CT molecular complexity index is 339. The number of anilines is 1.